The van der Waals surface area contributed by atoms with Gasteiger partial charge in [-0.2, -0.15) is 0 Å². The number of aromatic amines is 1. The average molecular weight is 324 g/mol. The van der Waals surface area contributed by atoms with Gasteiger partial charge in [-0.3, -0.25) is 9.59 Å². The van der Waals surface area contributed by atoms with Crippen LogP contribution in [0.4, 0.5) is 0 Å². The van der Waals surface area contributed by atoms with Crippen molar-refractivity contribution in [1.82, 2.24) is 9.88 Å². The molecular formula is C18H16N2O4. The number of phenols is 1. The summed E-state index contributed by atoms with van der Waals surface area (Å²) in [6.07, 6.45) is 1.51. The van der Waals surface area contributed by atoms with Gasteiger partial charge in [-0.1, -0.05) is 18.2 Å². The molecule has 2 N–H and O–H groups in total. The maximum absolute atomic E-state index is 12.5. The Morgan fingerprint density at radius 3 is 2.62 bits per heavy atom. The monoisotopic (exact) mass is 324 g/mol. The van der Waals surface area contributed by atoms with Gasteiger partial charge >= 0.3 is 0 Å². The van der Waals surface area contributed by atoms with Crippen molar-refractivity contribution >= 4 is 5.91 Å². The highest BCUT2D eigenvalue weighted by Crippen LogP contribution is 2.19. The van der Waals surface area contributed by atoms with E-state index in [-0.39, 0.29) is 17.9 Å². The number of hydrogen-bond acceptors (Lipinski definition) is 4. The molecule has 3 rings (SSSR count). The molecule has 3 aromatic rings. The largest absolute Gasteiger partial charge is 0.508 e. The van der Waals surface area contributed by atoms with Crippen molar-refractivity contribution in [3.8, 4) is 17.2 Å². The number of pyridine rings is 1. The van der Waals surface area contributed by atoms with Gasteiger partial charge in [0.1, 0.15) is 17.1 Å². The summed E-state index contributed by atoms with van der Waals surface area (Å²) in [4.78, 5) is 28.7. The number of H-pyrrole nitrogens is 1. The predicted octanol–water partition coefficient (Wildman–Crippen LogP) is 2.61. The van der Waals surface area contributed by atoms with Crippen molar-refractivity contribution in [2.75, 3.05) is 7.05 Å². The Morgan fingerprint density at radius 2 is 1.96 bits per heavy atom. The van der Waals surface area contributed by atoms with Crippen molar-refractivity contribution in [2.24, 2.45) is 0 Å². The van der Waals surface area contributed by atoms with Crippen LogP contribution in [-0.2, 0) is 6.54 Å². The van der Waals surface area contributed by atoms with Gasteiger partial charge in [-0.15, -0.1) is 0 Å². The molecule has 0 radical (unpaired) electrons. The topological polar surface area (TPSA) is 86.5 Å². The van der Waals surface area contributed by atoms with Crippen LogP contribution in [0.5, 0.6) is 5.75 Å². The number of hydrogen-bond donors (Lipinski definition) is 2. The Hall–Kier alpha value is -3.28. The molecule has 2 heterocycles. The highest BCUT2D eigenvalue weighted by atomic mass is 16.3. The first-order chi connectivity index (χ1) is 11.6. The quantitative estimate of drug-likeness (QED) is 0.772. The summed E-state index contributed by atoms with van der Waals surface area (Å²) in [6, 6.07) is 13.3. The van der Waals surface area contributed by atoms with E-state index in [2.05, 4.69) is 4.98 Å². The molecule has 24 heavy (non-hydrogen) atoms. The fraction of sp³-hybridized carbons (Fsp3) is 0.111. The van der Waals surface area contributed by atoms with Crippen LogP contribution < -0.4 is 5.56 Å². The summed E-state index contributed by atoms with van der Waals surface area (Å²) in [5.74, 6) is 0.207. The standard InChI is InChI=1S/C18H16N2O4/c1-20(11-12-5-2-3-6-15(12)21)18(23)13-8-9-14(19-17(13)22)16-7-4-10-24-16/h2-10,21H,11H2,1H3,(H,19,22). The number of aromatic hydroxyl groups is 1. The molecule has 0 atom stereocenters. The molecule has 0 saturated carbocycles. The number of carbonyl (C=O) groups is 1. The Morgan fingerprint density at radius 1 is 1.17 bits per heavy atom. The van der Waals surface area contributed by atoms with E-state index >= 15 is 0 Å². The van der Waals surface area contributed by atoms with Crippen LogP contribution in [0, 0.1) is 0 Å². The molecular weight excluding hydrogens is 308 g/mol. The maximum atomic E-state index is 12.5. The van der Waals surface area contributed by atoms with Crippen molar-refractivity contribution in [3.05, 3.63) is 76.3 Å². The summed E-state index contributed by atoms with van der Waals surface area (Å²) in [5, 5.41) is 9.79. The van der Waals surface area contributed by atoms with Crippen molar-refractivity contribution in [3.63, 3.8) is 0 Å². The molecule has 2 aromatic heterocycles. The zero-order valence-corrected chi connectivity index (χ0v) is 13.0. The van der Waals surface area contributed by atoms with Crippen LogP contribution in [0.3, 0.4) is 0 Å². The minimum absolute atomic E-state index is 0.0308. The second kappa shape index (κ2) is 6.45. The van der Waals surface area contributed by atoms with Crippen LogP contribution in [0.15, 0.2) is 64.0 Å². The zero-order chi connectivity index (χ0) is 17.1. The maximum Gasteiger partial charge on any atom is 0.261 e. The van der Waals surface area contributed by atoms with Crippen LogP contribution >= 0.6 is 0 Å². The molecule has 0 spiro atoms. The van der Waals surface area contributed by atoms with Crippen LogP contribution in [0.2, 0.25) is 0 Å². The molecule has 0 saturated heterocycles. The molecule has 6 nitrogen and oxygen atoms in total. The number of furan rings is 1. The number of carbonyl (C=O) groups excluding carboxylic acids is 1. The van der Waals surface area contributed by atoms with E-state index in [4.69, 9.17) is 4.42 Å². The molecule has 0 aliphatic rings. The third kappa shape index (κ3) is 3.08. The first-order valence-corrected chi connectivity index (χ1v) is 7.36. The average Bonchev–Trinajstić information content (AvgIpc) is 3.11. The van der Waals surface area contributed by atoms with Gasteiger partial charge in [-0.25, -0.2) is 0 Å². The SMILES string of the molecule is CN(Cc1ccccc1O)C(=O)c1ccc(-c2ccco2)[nH]c1=O. The number of benzene rings is 1. The summed E-state index contributed by atoms with van der Waals surface area (Å²) < 4.78 is 5.22. The number of phenolic OH excluding ortho intramolecular Hbond substituents is 1. The van der Waals surface area contributed by atoms with Gasteiger partial charge in [0.2, 0.25) is 0 Å². The number of para-hydroxylation sites is 1. The van der Waals surface area contributed by atoms with Crippen LogP contribution in [0.1, 0.15) is 15.9 Å². The Balaban J connectivity index is 1.82. The number of aromatic nitrogens is 1. The third-order valence-corrected chi connectivity index (χ3v) is 3.67. The van der Waals surface area contributed by atoms with Gasteiger partial charge in [0.05, 0.1) is 12.0 Å². The first kappa shape index (κ1) is 15.6. The molecule has 122 valence electrons. The second-order valence-electron chi connectivity index (χ2n) is 5.38. The first-order valence-electron chi connectivity index (χ1n) is 7.36. The molecule has 1 amide bonds. The minimum atomic E-state index is -0.488. The van der Waals surface area contributed by atoms with E-state index in [0.29, 0.717) is 17.0 Å². The van der Waals surface area contributed by atoms with Gasteiger partial charge < -0.3 is 19.4 Å². The highest BCUT2D eigenvalue weighted by Gasteiger charge is 2.17. The Kier molecular flexibility index (Phi) is 4.20. The van der Waals surface area contributed by atoms with E-state index in [1.165, 1.54) is 17.2 Å². The summed E-state index contributed by atoms with van der Waals surface area (Å²) in [5.41, 5.74) is 0.656. The lowest BCUT2D eigenvalue weighted by Gasteiger charge is -2.17. The number of nitrogens with one attached hydrogen (secondary N) is 1. The van der Waals surface area contributed by atoms with Crippen LogP contribution in [0.25, 0.3) is 11.5 Å². The van der Waals surface area contributed by atoms with Crippen molar-refractivity contribution in [2.45, 2.75) is 6.54 Å². The summed E-state index contributed by atoms with van der Waals surface area (Å²) in [6.45, 7) is 0.199. The lowest BCUT2D eigenvalue weighted by atomic mass is 10.1. The van der Waals surface area contributed by atoms with Gasteiger partial charge in [0, 0.05) is 19.2 Å². The fourth-order valence-corrected chi connectivity index (χ4v) is 2.40. The number of rotatable bonds is 4. The molecule has 0 bridgehead atoms. The zero-order valence-electron chi connectivity index (χ0n) is 13.0. The third-order valence-electron chi connectivity index (χ3n) is 3.67. The predicted molar refractivity (Wildman–Crippen MR) is 88.7 cm³/mol. The smallest absolute Gasteiger partial charge is 0.261 e. The van der Waals surface area contributed by atoms with E-state index in [1.807, 2.05) is 0 Å². The summed E-state index contributed by atoms with van der Waals surface area (Å²) in [7, 11) is 1.58. The summed E-state index contributed by atoms with van der Waals surface area (Å²) >= 11 is 0. The van der Waals surface area contributed by atoms with Gasteiger partial charge in [0.15, 0.2) is 0 Å². The van der Waals surface area contributed by atoms with E-state index in [9.17, 15) is 14.7 Å². The molecule has 0 aliphatic carbocycles. The van der Waals surface area contributed by atoms with E-state index in [0.717, 1.165) is 0 Å². The fourth-order valence-electron chi connectivity index (χ4n) is 2.40. The number of amides is 1. The normalized spacial score (nSPS) is 10.5. The minimum Gasteiger partial charge on any atom is -0.508 e. The lowest BCUT2D eigenvalue weighted by Crippen LogP contribution is -2.31. The van der Waals surface area contributed by atoms with E-state index < -0.39 is 11.5 Å². The highest BCUT2D eigenvalue weighted by molar-refractivity contribution is 5.93. The molecule has 6 heteroatoms. The number of nitrogens with zero attached hydrogens (tertiary/aromatic N) is 1. The van der Waals surface area contributed by atoms with Gasteiger partial charge in [0.25, 0.3) is 11.5 Å². The molecule has 0 unspecified atom stereocenters. The van der Waals surface area contributed by atoms with E-state index in [1.54, 1.807) is 49.5 Å². The molecule has 0 aliphatic heterocycles. The van der Waals surface area contributed by atoms with Gasteiger partial charge in [-0.05, 0) is 30.3 Å². The molecule has 0 fully saturated rings. The molecule has 1 aromatic carbocycles. The van der Waals surface area contributed by atoms with Crippen molar-refractivity contribution < 1.29 is 14.3 Å². The van der Waals surface area contributed by atoms with Crippen molar-refractivity contribution in [1.29, 1.82) is 0 Å². The van der Waals surface area contributed by atoms with Crippen LogP contribution in [-0.4, -0.2) is 27.9 Å². The second-order valence-corrected chi connectivity index (χ2v) is 5.38. The Bertz CT molecular complexity index is 913. The Labute approximate surface area is 138 Å². The lowest BCUT2D eigenvalue weighted by molar-refractivity contribution is 0.0782.